The third kappa shape index (κ3) is 3.35. The van der Waals surface area contributed by atoms with E-state index < -0.39 is 0 Å². The topological polar surface area (TPSA) is 56.4 Å². The molecule has 0 unspecified atom stereocenters. The van der Waals surface area contributed by atoms with E-state index >= 15 is 0 Å². The second-order valence-electron chi connectivity index (χ2n) is 5.73. The highest BCUT2D eigenvalue weighted by molar-refractivity contribution is 5.66. The Morgan fingerprint density at radius 1 is 1.08 bits per heavy atom. The van der Waals surface area contributed by atoms with E-state index in [4.69, 9.17) is 14.2 Å². The molecule has 4 rings (SSSR count). The third-order valence-electron chi connectivity index (χ3n) is 4.08. The van der Waals surface area contributed by atoms with E-state index in [0.717, 1.165) is 40.6 Å². The zero-order valence-electron chi connectivity index (χ0n) is 13.9. The number of allylic oxidation sites excluding steroid dienone is 1. The normalized spacial score (nSPS) is 12.7. The summed E-state index contributed by atoms with van der Waals surface area (Å²) in [6.45, 7) is 0.276. The van der Waals surface area contributed by atoms with Gasteiger partial charge < -0.3 is 14.2 Å². The molecule has 0 saturated carbocycles. The fourth-order valence-corrected chi connectivity index (χ4v) is 2.71. The number of ether oxygens (including phenoxy) is 3. The summed E-state index contributed by atoms with van der Waals surface area (Å²) in [4.78, 5) is 0. The summed E-state index contributed by atoms with van der Waals surface area (Å²) < 4.78 is 15.9. The van der Waals surface area contributed by atoms with Crippen LogP contribution < -0.4 is 14.2 Å². The van der Waals surface area contributed by atoms with Gasteiger partial charge in [-0.25, -0.2) is 0 Å². The molecule has 1 aliphatic heterocycles. The number of nitrogens with zero attached hydrogens (tertiary/aromatic N) is 1. The Balaban J connectivity index is 1.44. The fraction of sp³-hybridized carbons (Fsp3) is 0.150. The maximum atomic E-state index is 5.41. The number of methoxy groups -OCH3 is 1. The molecule has 5 nitrogen and oxygen atoms in total. The number of aromatic amines is 1. The van der Waals surface area contributed by atoms with Crippen LogP contribution in [0.1, 0.15) is 11.3 Å². The van der Waals surface area contributed by atoms with Crippen molar-refractivity contribution in [1.82, 2.24) is 10.2 Å². The lowest BCUT2D eigenvalue weighted by atomic mass is 10.1. The Labute approximate surface area is 145 Å². The van der Waals surface area contributed by atoms with Gasteiger partial charge in [0.05, 0.1) is 18.5 Å². The summed E-state index contributed by atoms with van der Waals surface area (Å²) in [7, 11) is 1.67. The van der Waals surface area contributed by atoms with Crippen LogP contribution in [0.25, 0.3) is 17.3 Å². The molecule has 3 aromatic rings. The Morgan fingerprint density at radius 2 is 1.92 bits per heavy atom. The number of hydrogen-bond donors (Lipinski definition) is 1. The molecule has 0 saturated heterocycles. The first kappa shape index (κ1) is 15.3. The first-order valence-corrected chi connectivity index (χ1v) is 8.07. The minimum Gasteiger partial charge on any atom is -0.497 e. The average molecular weight is 334 g/mol. The minimum atomic E-state index is 0.276. The number of fused-ring (bicyclic) bond motifs is 1. The molecule has 0 radical (unpaired) electrons. The number of nitrogens with one attached hydrogen (secondary N) is 1. The highest BCUT2D eigenvalue weighted by atomic mass is 16.7. The molecule has 1 aromatic heterocycles. The first-order valence-electron chi connectivity index (χ1n) is 8.07. The van der Waals surface area contributed by atoms with E-state index in [1.807, 2.05) is 42.5 Å². The van der Waals surface area contributed by atoms with Gasteiger partial charge >= 0.3 is 0 Å². The quantitative estimate of drug-likeness (QED) is 0.764. The standard InChI is InChI=1S/C20H18N2O3/c1-23-17-8-5-14(6-9-17)3-2-4-16-12-18(22-21-16)15-7-10-19-20(11-15)25-13-24-19/h2,4-12H,3,13H2,1H3,(H,21,22)/b4-2+. The number of benzene rings is 2. The molecule has 25 heavy (non-hydrogen) atoms. The average Bonchev–Trinajstić information content (AvgIpc) is 3.31. The molecule has 0 atom stereocenters. The van der Waals surface area contributed by atoms with Crippen LogP contribution in [0.3, 0.4) is 0 Å². The molecular weight excluding hydrogens is 316 g/mol. The molecule has 0 bridgehead atoms. The van der Waals surface area contributed by atoms with Gasteiger partial charge in [-0.1, -0.05) is 18.2 Å². The van der Waals surface area contributed by atoms with Crippen molar-refractivity contribution in [3.63, 3.8) is 0 Å². The lowest BCUT2D eigenvalue weighted by molar-refractivity contribution is 0.174. The largest absolute Gasteiger partial charge is 0.497 e. The number of hydrogen-bond acceptors (Lipinski definition) is 4. The van der Waals surface area contributed by atoms with Gasteiger partial charge in [-0.15, -0.1) is 0 Å². The summed E-state index contributed by atoms with van der Waals surface area (Å²) in [5.41, 5.74) is 4.06. The Kier molecular flexibility index (Phi) is 4.12. The van der Waals surface area contributed by atoms with E-state index in [1.54, 1.807) is 7.11 Å². The molecule has 5 heteroatoms. The van der Waals surface area contributed by atoms with Crippen molar-refractivity contribution in [2.75, 3.05) is 13.9 Å². The van der Waals surface area contributed by atoms with E-state index in [-0.39, 0.29) is 6.79 Å². The third-order valence-corrected chi connectivity index (χ3v) is 4.08. The molecule has 2 heterocycles. The molecule has 1 N–H and O–H groups in total. The summed E-state index contributed by atoms with van der Waals surface area (Å²) in [5, 5.41) is 7.42. The molecule has 0 aliphatic carbocycles. The van der Waals surface area contributed by atoms with Crippen LogP contribution in [0.4, 0.5) is 0 Å². The van der Waals surface area contributed by atoms with Gasteiger partial charge in [0.1, 0.15) is 5.75 Å². The van der Waals surface area contributed by atoms with Crippen molar-refractivity contribution >= 4 is 6.08 Å². The van der Waals surface area contributed by atoms with Crippen molar-refractivity contribution < 1.29 is 14.2 Å². The molecule has 0 fully saturated rings. The molecule has 0 spiro atoms. The van der Waals surface area contributed by atoms with Crippen LogP contribution in [0.5, 0.6) is 17.2 Å². The zero-order valence-corrected chi connectivity index (χ0v) is 13.9. The lowest BCUT2D eigenvalue weighted by Gasteiger charge is -2.00. The number of H-pyrrole nitrogens is 1. The molecule has 126 valence electrons. The van der Waals surface area contributed by atoms with Crippen LogP contribution in [0, 0.1) is 0 Å². The lowest BCUT2D eigenvalue weighted by Crippen LogP contribution is -1.92. The number of aromatic nitrogens is 2. The Bertz CT molecular complexity index is 898. The van der Waals surface area contributed by atoms with Gasteiger partial charge in [-0.05, 0) is 54.5 Å². The number of rotatable bonds is 5. The molecular formula is C20H18N2O3. The second kappa shape index (κ2) is 6.73. The van der Waals surface area contributed by atoms with Gasteiger partial charge in [-0.3, -0.25) is 5.10 Å². The molecule has 1 aliphatic rings. The smallest absolute Gasteiger partial charge is 0.231 e. The van der Waals surface area contributed by atoms with Gasteiger partial charge in [-0.2, -0.15) is 5.10 Å². The highest BCUT2D eigenvalue weighted by Gasteiger charge is 2.14. The molecule has 0 amide bonds. The van der Waals surface area contributed by atoms with E-state index in [2.05, 4.69) is 28.4 Å². The predicted molar refractivity (Wildman–Crippen MR) is 95.9 cm³/mol. The van der Waals surface area contributed by atoms with Gasteiger partial charge in [0.15, 0.2) is 11.5 Å². The van der Waals surface area contributed by atoms with Gasteiger partial charge in [0.25, 0.3) is 0 Å². The summed E-state index contributed by atoms with van der Waals surface area (Å²) in [6.07, 6.45) is 4.99. The maximum absolute atomic E-state index is 5.41. The van der Waals surface area contributed by atoms with Crippen LogP contribution in [-0.2, 0) is 6.42 Å². The first-order chi connectivity index (χ1) is 12.3. The van der Waals surface area contributed by atoms with Crippen molar-refractivity contribution in [3.8, 4) is 28.5 Å². The van der Waals surface area contributed by atoms with Crippen LogP contribution in [0.2, 0.25) is 0 Å². The van der Waals surface area contributed by atoms with Crippen LogP contribution >= 0.6 is 0 Å². The van der Waals surface area contributed by atoms with Crippen molar-refractivity contribution in [2.24, 2.45) is 0 Å². The zero-order chi connectivity index (χ0) is 17.1. The van der Waals surface area contributed by atoms with Crippen LogP contribution in [-0.4, -0.2) is 24.1 Å². The SMILES string of the molecule is COc1ccc(C/C=C/c2cc(-c3ccc4c(c3)OCO4)n[nH]2)cc1. The minimum absolute atomic E-state index is 0.276. The van der Waals surface area contributed by atoms with Gasteiger partial charge in [0, 0.05) is 5.56 Å². The highest BCUT2D eigenvalue weighted by Crippen LogP contribution is 2.35. The summed E-state index contributed by atoms with van der Waals surface area (Å²) >= 11 is 0. The Hall–Kier alpha value is -3.21. The fourth-order valence-electron chi connectivity index (χ4n) is 2.71. The summed E-state index contributed by atoms with van der Waals surface area (Å²) in [6, 6.07) is 15.9. The van der Waals surface area contributed by atoms with Crippen molar-refractivity contribution in [1.29, 1.82) is 0 Å². The maximum Gasteiger partial charge on any atom is 0.231 e. The van der Waals surface area contributed by atoms with Crippen LogP contribution in [0.15, 0.2) is 54.6 Å². The van der Waals surface area contributed by atoms with Crippen molar-refractivity contribution in [2.45, 2.75) is 6.42 Å². The summed E-state index contributed by atoms with van der Waals surface area (Å²) in [5.74, 6) is 2.41. The second-order valence-corrected chi connectivity index (χ2v) is 5.73. The van der Waals surface area contributed by atoms with E-state index in [1.165, 1.54) is 5.56 Å². The predicted octanol–water partition coefficient (Wildman–Crippen LogP) is 4.07. The van der Waals surface area contributed by atoms with E-state index in [9.17, 15) is 0 Å². The Morgan fingerprint density at radius 3 is 2.76 bits per heavy atom. The monoisotopic (exact) mass is 334 g/mol. The molecule has 2 aromatic carbocycles. The van der Waals surface area contributed by atoms with Crippen molar-refractivity contribution in [3.05, 3.63) is 65.9 Å². The van der Waals surface area contributed by atoms with E-state index in [0.29, 0.717) is 0 Å². The van der Waals surface area contributed by atoms with Gasteiger partial charge in [0.2, 0.25) is 6.79 Å².